The predicted molar refractivity (Wildman–Crippen MR) is 50.5 cm³/mol. The van der Waals surface area contributed by atoms with Gasteiger partial charge in [0.25, 0.3) is 0 Å². The monoisotopic (exact) mass is 185 g/mol. The van der Waals surface area contributed by atoms with Crippen LogP contribution in [0.15, 0.2) is 18.2 Å². The van der Waals surface area contributed by atoms with Gasteiger partial charge in [-0.3, -0.25) is 4.79 Å². The summed E-state index contributed by atoms with van der Waals surface area (Å²) < 4.78 is 0. The van der Waals surface area contributed by atoms with E-state index in [-0.39, 0.29) is 6.61 Å². The van der Waals surface area contributed by atoms with Crippen LogP contribution in [0.25, 0.3) is 0 Å². The first-order valence-electron chi connectivity index (χ1n) is 3.90. The van der Waals surface area contributed by atoms with Gasteiger partial charge in [0, 0.05) is 11.1 Å². The minimum absolute atomic E-state index is 0.243. The molecule has 0 heterocycles. The highest BCUT2D eigenvalue weighted by Crippen LogP contribution is 2.06. The van der Waals surface area contributed by atoms with E-state index < -0.39 is 0 Å². The highest BCUT2D eigenvalue weighted by molar-refractivity contribution is 5.76. The second kappa shape index (κ2) is 4.81. The van der Waals surface area contributed by atoms with Crippen LogP contribution in [0.2, 0.25) is 0 Å². The van der Waals surface area contributed by atoms with E-state index in [9.17, 15) is 4.79 Å². The van der Waals surface area contributed by atoms with Gasteiger partial charge in [-0.2, -0.15) is 5.26 Å². The Labute approximate surface area is 81.6 Å². The van der Waals surface area contributed by atoms with Crippen molar-refractivity contribution in [2.45, 2.75) is 0 Å². The molecule has 3 nitrogen and oxygen atoms in total. The number of rotatable bonds is 1. The average molecular weight is 185 g/mol. The molecule has 0 saturated heterocycles. The predicted octanol–water partition coefficient (Wildman–Crippen LogP) is 0.715. The summed E-state index contributed by atoms with van der Waals surface area (Å²) in [5, 5.41) is 17.1. The number of aldehydes is 1. The summed E-state index contributed by atoms with van der Waals surface area (Å²) in [6.07, 6.45) is 0.658. The number of carbonyl (C=O) groups is 1. The Bertz CT molecular complexity index is 447. The molecular weight excluding hydrogens is 178 g/mol. The standard InChI is InChI=1S/C11H7NO2/c12-7-10-4-9(2-1-3-13)5-11(6-10)8-14/h4-6,8,13H,3H2. The molecule has 0 aliphatic heterocycles. The minimum atomic E-state index is -0.243. The van der Waals surface area contributed by atoms with Crippen LogP contribution in [0.4, 0.5) is 0 Å². The molecule has 0 unspecified atom stereocenters. The highest BCUT2D eigenvalue weighted by Gasteiger charge is 1.97. The summed E-state index contributed by atoms with van der Waals surface area (Å²) in [5.41, 5.74) is 1.35. The number of hydrogen-bond acceptors (Lipinski definition) is 3. The first kappa shape index (κ1) is 9.98. The van der Waals surface area contributed by atoms with E-state index in [1.54, 1.807) is 12.1 Å². The largest absolute Gasteiger partial charge is 0.384 e. The Kier molecular flexibility index (Phi) is 3.43. The van der Waals surface area contributed by atoms with Crippen LogP contribution in [0.1, 0.15) is 21.5 Å². The van der Waals surface area contributed by atoms with E-state index in [2.05, 4.69) is 11.8 Å². The zero-order valence-corrected chi connectivity index (χ0v) is 7.32. The number of aliphatic hydroxyl groups excluding tert-OH is 1. The van der Waals surface area contributed by atoms with E-state index in [0.717, 1.165) is 0 Å². The Morgan fingerprint density at radius 1 is 1.36 bits per heavy atom. The minimum Gasteiger partial charge on any atom is -0.384 e. The second-order valence-corrected chi connectivity index (χ2v) is 2.53. The van der Waals surface area contributed by atoms with Crippen molar-refractivity contribution in [3.05, 3.63) is 34.9 Å². The van der Waals surface area contributed by atoms with Gasteiger partial charge < -0.3 is 5.11 Å². The molecule has 0 spiro atoms. The topological polar surface area (TPSA) is 61.1 Å². The van der Waals surface area contributed by atoms with Crippen LogP contribution < -0.4 is 0 Å². The van der Waals surface area contributed by atoms with Gasteiger partial charge in [-0.25, -0.2) is 0 Å². The lowest BCUT2D eigenvalue weighted by Crippen LogP contribution is -1.86. The Morgan fingerprint density at radius 2 is 2.07 bits per heavy atom. The van der Waals surface area contributed by atoms with Gasteiger partial charge in [0.05, 0.1) is 11.6 Å². The normalized spacial score (nSPS) is 8.29. The van der Waals surface area contributed by atoms with E-state index in [4.69, 9.17) is 10.4 Å². The van der Waals surface area contributed by atoms with Crippen molar-refractivity contribution < 1.29 is 9.90 Å². The third-order valence-electron chi connectivity index (χ3n) is 1.53. The Balaban J connectivity index is 3.18. The quantitative estimate of drug-likeness (QED) is 0.518. The molecule has 68 valence electrons. The van der Waals surface area contributed by atoms with E-state index >= 15 is 0 Å². The molecule has 0 saturated carbocycles. The maximum absolute atomic E-state index is 10.5. The maximum Gasteiger partial charge on any atom is 0.150 e. The lowest BCUT2D eigenvalue weighted by molar-refractivity contribution is 0.112. The Hall–Kier alpha value is -2.10. The molecule has 3 heteroatoms. The molecule has 0 bridgehead atoms. The number of hydrogen-bond donors (Lipinski definition) is 1. The van der Waals surface area contributed by atoms with Gasteiger partial charge in [-0.1, -0.05) is 11.8 Å². The van der Waals surface area contributed by atoms with Crippen molar-refractivity contribution in [1.82, 2.24) is 0 Å². The maximum atomic E-state index is 10.5. The van der Waals surface area contributed by atoms with Crippen LogP contribution in [-0.2, 0) is 0 Å². The zero-order valence-electron chi connectivity index (χ0n) is 7.32. The van der Waals surface area contributed by atoms with Gasteiger partial charge in [-0.15, -0.1) is 0 Å². The smallest absolute Gasteiger partial charge is 0.150 e. The fourth-order valence-electron chi connectivity index (χ4n) is 0.998. The van der Waals surface area contributed by atoms with Gasteiger partial charge >= 0.3 is 0 Å². The van der Waals surface area contributed by atoms with Crippen LogP contribution in [0.3, 0.4) is 0 Å². The number of aliphatic hydroxyl groups is 1. The van der Waals surface area contributed by atoms with Crippen LogP contribution >= 0.6 is 0 Å². The summed E-state index contributed by atoms with van der Waals surface area (Å²) in [4.78, 5) is 10.5. The van der Waals surface area contributed by atoms with E-state index in [0.29, 0.717) is 23.0 Å². The number of benzene rings is 1. The van der Waals surface area contributed by atoms with Crippen LogP contribution in [-0.4, -0.2) is 18.0 Å². The van der Waals surface area contributed by atoms with Crippen molar-refractivity contribution in [2.24, 2.45) is 0 Å². The van der Waals surface area contributed by atoms with E-state index in [1.807, 2.05) is 6.07 Å². The van der Waals surface area contributed by atoms with E-state index in [1.165, 1.54) is 6.07 Å². The highest BCUT2D eigenvalue weighted by atomic mass is 16.2. The molecule has 0 fully saturated rings. The molecule has 1 rings (SSSR count). The first-order valence-corrected chi connectivity index (χ1v) is 3.90. The average Bonchev–Trinajstić information content (AvgIpc) is 2.25. The lowest BCUT2D eigenvalue weighted by atomic mass is 10.1. The first-order chi connectivity index (χ1) is 6.80. The van der Waals surface area contributed by atoms with Gasteiger partial charge in [-0.05, 0) is 18.2 Å². The third kappa shape index (κ3) is 2.45. The van der Waals surface area contributed by atoms with Crippen molar-refractivity contribution in [2.75, 3.05) is 6.61 Å². The molecular formula is C11H7NO2. The molecule has 0 atom stereocenters. The summed E-state index contributed by atoms with van der Waals surface area (Å²) in [7, 11) is 0. The SMILES string of the molecule is N#Cc1cc(C#CCO)cc(C=O)c1. The molecule has 1 aromatic carbocycles. The van der Waals surface area contributed by atoms with Crippen molar-refractivity contribution in [1.29, 1.82) is 5.26 Å². The number of nitrogens with zero attached hydrogens (tertiary/aromatic N) is 1. The lowest BCUT2D eigenvalue weighted by Gasteiger charge is -1.94. The third-order valence-corrected chi connectivity index (χ3v) is 1.53. The number of carbonyl (C=O) groups excluding carboxylic acids is 1. The Morgan fingerprint density at radius 3 is 2.64 bits per heavy atom. The summed E-state index contributed by atoms with van der Waals surface area (Å²) in [5.74, 6) is 5.08. The summed E-state index contributed by atoms with van der Waals surface area (Å²) >= 11 is 0. The fourth-order valence-corrected chi connectivity index (χ4v) is 0.998. The summed E-state index contributed by atoms with van der Waals surface area (Å²) in [6, 6.07) is 6.54. The molecule has 0 aliphatic rings. The zero-order chi connectivity index (χ0) is 10.4. The van der Waals surface area contributed by atoms with Crippen LogP contribution in [0, 0.1) is 23.2 Å². The molecule has 1 aromatic rings. The summed E-state index contributed by atoms with van der Waals surface area (Å²) in [6.45, 7) is -0.243. The van der Waals surface area contributed by atoms with Gasteiger partial charge in [0.2, 0.25) is 0 Å². The molecule has 0 radical (unpaired) electrons. The van der Waals surface area contributed by atoms with Crippen LogP contribution in [0.5, 0.6) is 0 Å². The van der Waals surface area contributed by atoms with Crippen molar-refractivity contribution in [3.63, 3.8) is 0 Å². The molecule has 14 heavy (non-hydrogen) atoms. The molecule has 0 aliphatic carbocycles. The molecule has 0 amide bonds. The van der Waals surface area contributed by atoms with Crippen molar-refractivity contribution in [3.8, 4) is 17.9 Å². The number of nitriles is 1. The fraction of sp³-hybridized carbons (Fsp3) is 0.0909. The molecule has 1 N–H and O–H groups in total. The van der Waals surface area contributed by atoms with Gasteiger partial charge in [0.15, 0.2) is 0 Å². The second-order valence-electron chi connectivity index (χ2n) is 2.53. The molecule has 0 aromatic heterocycles. The van der Waals surface area contributed by atoms with Crippen molar-refractivity contribution >= 4 is 6.29 Å². The van der Waals surface area contributed by atoms with Gasteiger partial charge in [0.1, 0.15) is 12.9 Å².